The number of carbonyl (C=O) groups excluding carboxylic acids is 1. The minimum absolute atomic E-state index is 0.244. The Kier molecular flexibility index (Phi) is 5.83. The van der Waals surface area contributed by atoms with Crippen molar-refractivity contribution < 1.29 is 4.79 Å². The molecule has 0 aliphatic heterocycles. The summed E-state index contributed by atoms with van der Waals surface area (Å²) in [5.41, 5.74) is 2.31. The number of rotatable bonds is 4. The van der Waals surface area contributed by atoms with Gasteiger partial charge >= 0.3 is 0 Å². The fourth-order valence-electron chi connectivity index (χ4n) is 2.66. The molecule has 29 heavy (non-hydrogen) atoms. The molecule has 4 aromatic rings. The summed E-state index contributed by atoms with van der Waals surface area (Å²) in [5.74, 6) is 0.596. The van der Waals surface area contributed by atoms with E-state index in [1.54, 1.807) is 16.6 Å². The first-order chi connectivity index (χ1) is 14.0. The monoisotopic (exact) mass is 534 g/mol. The quantitative estimate of drug-likeness (QED) is 0.303. The van der Waals surface area contributed by atoms with Crippen molar-refractivity contribution in [3.8, 4) is 10.6 Å². The first kappa shape index (κ1) is 19.9. The van der Waals surface area contributed by atoms with E-state index in [-0.39, 0.29) is 11.0 Å². The molecule has 2 aromatic heterocycles. The molecule has 146 valence electrons. The summed E-state index contributed by atoms with van der Waals surface area (Å²) >= 11 is 8.91. The molecule has 0 radical (unpaired) electrons. The second-order valence-electron chi connectivity index (χ2n) is 6.07. The van der Waals surface area contributed by atoms with Gasteiger partial charge in [0.2, 0.25) is 4.96 Å². The van der Waals surface area contributed by atoms with Gasteiger partial charge in [0.05, 0.1) is 0 Å². The van der Waals surface area contributed by atoms with Crippen molar-refractivity contribution >= 4 is 67.8 Å². The normalized spacial score (nSPS) is 10.8. The van der Waals surface area contributed by atoms with E-state index in [0.717, 1.165) is 37.0 Å². The van der Waals surface area contributed by atoms with Gasteiger partial charge in [-0.3, -0.25) is 10.1 Å². The van der Waals surface area contributed by atoms with Crippen molar-refractivity contribution in [1.82, 2.24) is 25.1 Å². The molecule has 2 heterocycles. The van der Waals surface area contributed by atoms with Crippen molar-refractivity contribution in [3.63, 3.8) is 0 Å². The second kappa shape index (κ2) is 8.51. The van der Waals surface area contributed by atoms with Crippen molar-refractivity contribution in [1.29, 1.82) is 0 Å². The highest BCUT2D eigenvalue weighted by atomic mass is 127. The Morgan fingerprint density at radius 1 is 1.21 bits per heavy atom. The van der Waals surface area contributed by atoms with Crippen LogP contribution in [0, 0.1) is 3.57 Å². The molecule has 0 aliphatic rings. The summed E-state index contributed by atoms with van der Waals surface area (Å²) in [6.45, 7) is 2.02. The number of nitrogens with zero attached hydrogens (tertiary/aromatic N) is 4. The molecule has 2 aromatic carbocycles. The Balaban J connectivity index is 1.42. The number of aromatic nitrogens is 4. The SMILES string of the molecule is CCc1nnc2sc(-c3ccc(NC(=S)NC(=O)c4cccc(I)c4)cc3)nn12. The third-order valence-corrected chi connectivity index (χ3v) is 5.90. The van der Waals surface area contributed by atoms with E-state index in [4.69, 9.17) is 12.2 Å². The summed E-state index contributed by atoms with van der Waals surface area (Å²) in [7, 11) is 0. The molecule has 0 fully saturated rings. The van der Waals surface area contributed by atoms with Crippen LogP contribution >= 0.6 is 46.1 Å². The number of anilines is 1. The third kappa shape index (κ3) is 4.43. The third-order valence-electron chi connectivity index (χ3n) is 4.08. The maximum atomic E-state index is 12.3. The van der Waals surface area contributed by atoms with Crippen molar-refractivity contribution in [2.24, 2.45) is 0 Å². The van der Waals surface area contributed by atoms with Gasteiger partial charge in [0.15, 0.2) is 10.9 Å². The van der Waals surface area contributed by atoms with E-state index in [9.17, 15) is 4.79 Å². The van der Waals surface area contributed by atoms with Crippen LogP contribution in [-0.4, -0.2) is 30.8 Å². The minimum atomic E-state index is -0.246. The standard InChI is InChI=1S/C19H15IN6OS2/c1-2-15-23-24-19-26(15)25-17(29-19)11-6-8-14(9-7-11)21-18(28)22-16(27)12-4-3-5-13(20)10-12/h3-10H,2H2,1H3,(H2,21,22,27,28). The molecule has 1 amide bonds. The lowest BCUT2D eigenvalue weighted by atomic mass is 10.2. The number of carbonyl (C=O) groups is 1. The van der Waals surface area contributed by atoms with Crippen LogP contribution in [0.2, 0.25) is 0 Å². The molecule has 0 spiro atoms. The number of benzene rings is 2. The zero-order valence-corrected chi connectivity index (χ0v) is 19.0. The second-order valence-corrected chi connectivity index (χ2v) is 8.68. The number of hydrogen-bond acceptors (Lipinski definition) is 6. The molecule has 10 heteroatoms. The lowest BCUT2D eigenvalue weighted by Gasteiger charge is -2.10. The average Bonchev–Trinajstić information content (AvgIpc) is 3.29. The Hall–Kier alpha value is -2.44. The maximum Gasteiger partial charge on any atom is 0.257 e. The number of amides is 1. The molecule has 7 nitrogen and oxygen atoms in total. The van der Waals surface area contributed by atoms with Gasteiger partial charge < -0.3 is 5.32 Å². The number of thiocarbonyl (C=S) groups is 1. The van der Waals surface area contributed by atoms with Crippen LogP contribution in [0.4, 0.5) is 5.69 Å². The summed E-state index contributed by atoms with van der Waals surface area (Å²) in [5, 5.41) is 19.7. The summed E-state index contributed by atoms with van der Waals surface area (Å²) in [6, 6.07) is 15.0. The van der Waals surface area contributed by atoms with Crippen LogP contribution in [-0.2, 0) is 6.42 Å². The van der Waals surface area contributed by atoms with Crippen LogP contribution < -0.4 is 10.6 Å². The first-order valence-corrected chi connectivity index (χ1v) is 11.0. The number of aryl methyl sites for hydroxylation is 1. The van der Waals surface area contributed by atoms with Gasteiger partial charge in [-0.15, -0.1) is 10.2 Å². The molecule has 0 bridgehead atoms. The van der Waals surface area contributed by atoms with Gasteiger partial charge in [0.25, 0.3) is 5.91 Å². The van der Waals surface area contributed by atoms with Crippen LogP contribution in [0.1, 0.15) is 23.1 Å². The largest absolute Gasteiger partial charge is 0.332 e. The molecular formula is C19H15IN6OS2. The molecule has 0 saturated carbocycles. The van der Waals surface area contributed by atoms with E-state index in [0.29, 0.717) is 5.56 Å². The van der Waals surface area contributed by atoms with Gasteiger partial charge in [-0.25, -0.2) is 0 Å². The van der Waals surface area contributed by atoms with E-state index in [1.165, 1.54) is 11.3 Å². The van der Waals surface area contributed by atoms with Crippen LogP contribution in [0.5, 0.6) is 0 Å². The molecule has 4 rings (SSSR count). The topological polar surface area (TPSA) is 84.2 Å². The summed E-state index contributed by atoms with van der Waals surface area (Å²) in [4.78, 5) is 13.1. The van der Waals surface area contributed by atoms with Crippen molar-refractivity contribution in [2.45, 2.75) is 13.3 Å². The Labute approximate surface area is 189 Å². The van der Waals surface area contributed by atoms with E-state index in [1.807, 2.05) is 43.3 Å². The van der Waals surface area contributed by atoms with E-state index in [2.05, 4.69) is 48.5 Å². The highest BCUT2D eigenvalue weighted by Crippen LogP contribution is 2.26. The van der Waals surface area contributed by atoms with Crippen LogP contribution in [0.3, 0.4) is 0 Å². The highest BCUT2D eigenvalue weighted by Gasteiger charge is 2.12. The molecular weight excluding hydrogens is 519 g/mol. The zero-order valence-electron chi connectivity index (χ0n) is 15.2. The lowest BCUT2D eigenvalue weighted by molar-refractivity contribution is 0.0977. The fraction of sp³-hybridized carbons (Fsp3) is 0.105. The van der Waals surface area contributed by atoms with E-state index < -0.39 is 0 Å². The van der Waals surface area contributed by atoms with Crippen LogP contribution in [0.25, 0.3) is 15.5 Å². The molecule has 0 unspecified atom stereocenters. The van der Waals surface area contributed by atoms with Gasteiger partial charge in [-0.1, -0.05) is 24.3 Å². The predicted octanol–water partition coefficient (Wildman–Crippen LogP) is 4.15. The summed E-state index contributed by atoms with van der Waals surface area (Å²) in [6.07, 6.45) is 0.776. The molecule has 0 saturated heterocycles. The highest BCUT2D eigenvalue weighted by molar-refractivity contribution is 14.1. The maximum absolute atomic E-state index is 12.3. The van der Waals surface area contributed by atoms with Crippen LogP contribution in [0.15, 0.2) is 48.5 Å². The molecule has 2 N–H and O–H groups in total. The summed E-state index contributed by atoms with van der Waals surface area (Å²) < 4.78 is 2.77. The average molecular weight is 534 g/mol. The fourth-order valence-corrected chi connectivity index (χ4v) is 4.28. The van der Waals surface area contributed by atoms with Gasteiger partial charge in [-0.2, -0.15) is 9.61 Å². The first-order valence-electron chi connectivity index (χ1n) is 8.73. The Morgan fingerprint density at radius 2 is 2.00 bits per heavy atom. The Morgan fingerprint density at radius 3 is 2.72 bits per heavy atom. The minimum Gasteiger partial charge on any atom is -0.332 e. The number of nitrogens with one attached hydrogen (secondary N) is 2. The van der Waals surface area contributed by atoms with Crippen molar-refractivity contribution in [3.05, 3.63) is 63.5 Å². The number of fused-ring (bicyclic) bond motifs is 1. The van der Waals surface area contributed by atoms with Gasteiger partial charge in [0, 0.05) is 26.8 Å². The zero-order chi connectivity index (χ0) is 20.4. The van der Waals surface area contributed by atoms with Crippen molar-refractivity contribution in [2.75, 3.05) is 5.32 Å². The smallest absolute Gasteiger partial charge is 0.257 e. The number of halogens is 1. The van der Waals surface area contributed by atoms with E-state index >= 15 is 0 Å². The van der Waals surface area contributed by atoms with Gasteiger partial charge in [-0.05, 0) is 77.3 Å². The molecule has 0 atom stereocenters. The molecule has 0 aliphatic carbocycles. The lowest BCUT2D eigenvalue weighted by Crippen LogP contribution is -2.34. The van der Waals surface area contributed by atoms with Gasteiger partial charge in [0.1, 0.15) is 5.01 Å². The number of hydrogen-bond donors (Lipinski definition) is 2. The predicted molar refractivity (Wildman–Crippen MR) is 126 cm³/mol. The Bertz CT molecular complexity index is 1200.